The number of carbonyl (C=O) groups is 1. The number of aromatic nitrogens is 1. The summed E-state index contributed by atoms with van der Waals surface area (Å²) in [5.41, 5.74) is 7.15. The second kappa shape index (κ2) is 6.59. The van der Waals surface area contributed by atoms with E-state index in [0.717, 1.165) is 12.1 Å². The van der Waals surface area contributed by atoms with Crippen LogP contribution < -0.4 is 11.1 Å². The van der Waals surface area contributed by atoms with Crippen molar-refractivity contribution in [3.05, 3.63) is 24.0 Å². The van der Waals surface area contributed by atoms with Crippen LogP contribution in [-0.4, -0.2) is 17.0 Å². The molecule has 1 atom stereocenters. The van der Waals surface area contributed by atoms with Gasteiger partial charge in [0, 0.05) is 25.0 Å². The van der Waals surface area contributed by atoms with Gasteiger partial charge in [-0.1, -0.05) is 27.7 Å². The highest BCUT2D eigenvalue weighted by Gasteiger charge is 2.12. The lowest BCUT2D eigenvalue weighted by molar-refractivity contribution is -0.121. The van der Waals surface area contributed by atoms with Crippen LogP contribution in [0.5, 0.6) is 0 Å². The summed E-state index contributed by atoms with van der Waals surface area (Å²) in [5.74, 6) is 0.920. The first kappa shape index (κ1) is 14.8. The molecule has 4 nitrogen and oxygen atoms in total. The molecule has 3 N–H and O–H groups in total. The first-order valence-corrected chi connectivity index (χ1v) is 6.58. The Balaban J connectivity index is 2.51. The Morgan fingerprint density at radius 3 is 2.61 bits per heavy atom. The maximum absolute atomic E-state index is 11.7. The van der Waals surface area contributed by atoms with Gasteiger partial charge in [0.05, 0.1) is 0 Å². The minimum atomic E-state index is 0.0324. The van der Waals surface area contributed by atoms with Crippen molar-refractivity contribution >= 4 is 5.91 Å². The molecule has 18 heavy (non-hydrogen) atoms. The first-order valence-electron chi connectivity index (χ1n) is 6.58. The summed E-state index contributed by atoms with van der Waals surface area (Å²) in [6.45, 7) is 9.43. The normalized spacial score (nSPS) is 13.1. The molecule has 0 bridgehead atoms. The van der Waals surface area contributed by atoms with Gasteiger partial charge in [-0.05, 0) is 23.5 Å². The van der Waals surface area contributed by atoms with Gasteiger partial charge >= 0.3 is 0 Å². The predicted octanol–water partition coefficient (Wildman–Crippen LogP) is 1.92. The average Bonchev–Trinajstić information content (AvgIpc) is 2.73. The molecule has 1 rings (SSSR count). The van der Waals surface area contributed by atoms with Gasteiger partial charge in [-0.2, -0.15) is 0 Å². The monoisotopic (exact) mass is 251 g/mol. The molecule has 0 aliphatic carbocycles. The molecule has 0 aromatic carbocycles. The highest BCUT2D eigenvalue weighted by atomic mass is 16.1. The second-order valence-electron chi connectivity index (χ2n) is 5.58. The van der Waals surface area contributed by atoms with Gasteiger partial charge in [-0.15, -0.1) is 0 Å². The molecule has 0 spiro atoms. The van der Waals surface area contributed by atoms with E-state index in [1.807, 2.05) is 23.0 Å². The predicted molar refractivity (Wildman–Crippen MR) is 74.0 cm³/mol. The smallest absolute Gasteiger partial charge is 0.239 e. The van der Waals surface area contributed by atoms with Crippen LogP contribution in [0.15, 0.2) is 18.5 Å². The van der Waals surface area contributed by atoms with Crippen LogP contribution in [0.1, 0.15) is 39.3 Å². The second-order valence-corrected chi connectivity index (χ2v) is 5.58. The van der Waals surface area contributed by atoms with Crippen molar-refractivity contribution in [2.75, 3.05) is 6.54 Å². The minimum Gasteiger partial charge on any atom is -0.354 e. The number of hydrogen-bond donors (Lipinski definition) is 2. The van der Waals surface area contributed by atoms with Crippen molar-refractivity contribution in [1.82, 2.24) is 9.88 Å². The van der Waals surface area contributed by atoms with E-state index in [1.54, 1.807) is 0 Å². The SMILES string of the molecule is CC(C)CNC(=O)Cn1ccc(C(N)C(C)C)c1. The van der Waals surface area contributed by atoms with E-state index in [-0.39, 0.29) is 11.9 Å². The highest BCUT2D eigenvalue weighted by molar-refractivity contribution is 5.75. The molecule has 0 saturated heterocycles. The van der Waals surface area contributed by atoms with Crippen molar-refractivity contribution < 1.29 is 4.79 Å². The standard InChI is InChI=1S/C14H25N3O/c1-10(2)7-16-13(18)9-17-6-5-12(8-17)14(15)11(3)4/h5-6,8,10-11,14H,7,9,15H2,1-4H3,(H,16,18). The molecule has 1 aromatic heterocycles. The summed E-state index contributed by atoms with van der Waals surface area (Å²) in [5, 5.41) is 2.90. The summed E-state index contributed by atoms with van der Waals surface area (Å²) in [4.78, 5) is 11.7. The molecular formula is C14H25N3O. The van der Waals surface area contributed by atoms with E-state index in [1.165, 1.54) is 0 Å². The van der Waals surface area contributed by atoms with Crippen LogP contribution in [0, 0.1) is 11.8 Å². The van der Waals surface area contributed by atoms with Crippen LogP contribution in [-0.2, 0) is 11.3 Å². The fourth-order valence-corrected chi connectivity index (χ4v) is 1.68. The fourth-order valence-electron chi connectivity index (χ4n) is 1.68. The van der Waals surface area contributed by atoms with Gasteiger partial charge in [-0.25, -0.2) is 0 Å². The number of hydrogen-bond acceptors (Lipinski definition) is 2. The van der Waals surface area contributed by atoms with Gasteiger partial charge in [0.25, 0.3) is 0 Å². The summed E-state index contributed by atoms with van der Waals surface area (Å²) >= 11 is 0. The lowest BCUT2D eigenvalue weighted by Gasteiger charge is -2.13. The first-order chi connectivity index (χ1) is 8.40. The third-order valence-electron chi connectivity index (χ3n) is 2.91. The fraction of sp³-hybridized carbons (Fsp3) is 0.643. The molecule has 0 radical (unpaired) electrons. The molecule has 1 aromatic rings. The van der Waals surface area contributed by atoms with Gasteiger partial charge in [0.2, 0.25) is 5.91 Å². The van der Waals surface area contributed by atoms with E-state index in [9.17, 15) is 4.79 Å². The zero-order valence-corrected chi connectivity index (χ0v) is 11.8. The van der Waals surface area contributed by atoms with Crippen molar-refractivity contribution in [2.45, 2.75) is 40.3 Å². The summed E-state index contributed by atoms with van der Waals surface area (Å²) < 4.78 is 1.88. The molecule has 1 unspecified atom stereocenters. The van der Waals surface area contributed by atoms with Crippen LogP contribution in [0.2, 0.25) is 0 Å². The zero-order chi connectivity index (χ0) is 13.7. The van der Waals surface area contributed by atoms with Crippen LogP contribution in [0.4, 0.5) is 0 Å². The van der Waals surface area contributed by atoms with Crippen molar-refractivity contribution in [1.29, 1.82) is 0 Å². The third-order valence-corrected chi connectivity index (χ3v) is 2.91. The molecule has 0 aliphatic heterocycles. The molecule has 0 aliphatic rings. The lowest BCUT2D eigenvalue weighted by Crippen LogP contribution is -2.30. The maximum atomic E-state index is 11.7. The van der Waals surface area contributed by atoms with Crippen LogP contribution >= 0.6 is 0 Å². The van der Waals surface area contributed by atoms with E-state index >= 15 is 0 Å². The van der Waals surface area contributed by atoms with E-state index in [0.29, 0.717) is 18.4 Å². The molecule has 1 amide bonds. The minimum absolute atomic E-state index is 0.0324. The van der Waals surface area contributed by atoms with Crippen LogP contribution in [0.25, 0.3) is 0 Å². The van der Waals surface area contributed by atoms with E-state index in [4.69, 9.17) is 5.73 Å². The largest absolute Gasteiger partial charge is 0.354 e. The summed E-state index contributed by atoms with van der Waals surface area (Å²) in [7, 11) is 0. The number of nitrogens with two attached hydrogens (primary N) is 1. The third kappa shape index (κ3) is 4.53. The number of amides is 1. The molecular weight excluding hydrogens is 226 g/mol. The molecule has 0 saturated carbocycles. The molecule has 1 heterocycles. The van der Waals surface area contributed by atoms with Crippen molar-refractivity contribution in [3.63, 3.8) is 0 Å². The van der Waals surface area contributed by atoms with Crippen LogP contribution in [0.3, 0.4) is 0 Å². The Bertz CT molecular complexity index is 382. The number of nitrogens with zero attached hydrogens (tertiary/aromatic N) is 1. The molecule has 0 fully saturated rings. The molecule has 102 valence electrons. The Morgan fingerprint density at radius 2 is 2.06 bits per heavy atom. The van der Waals surface area contributed by atoms with E-state index < -0.39 is 0 Å². The quantitative estimate of drug-likeness (QED) is 0.811. The number of nitrogens with one attached hydrogen (secondary N) is 1. The summed E-state index contributed by atoms with van der Waals surface area (Å²) in [6, 6.07) is 2.02. The van der Waals surface area contributed by atoms with Crippen molar-refractivity contribution in [3.8, 4) is 0 Å². The van der Waals surface area contributed by atoms with Crippen molar-refractivity contribution in [2.24, 2.45) is 17.6 Å². The van der Waals surface area contributed by atoms with Gasteiger partial charge in [0.1, 0.15) is 6.54 Å². The lowest BCUT2D eigenvalue weighted by atomic mass is 10.00. The highest BCUT2D eigenvalue weighted by Crippen LogP contribution is 2.18. The number of rotatable bonds is 6. The summed E-state index contributed by atoms with van der Waals surface area (Å²) in [6.07, 6.45) is 3.87. The topological polar surface area (TPSA) is 60.0 Å². The Labute approximate surface area is 110 Å². The van der Waals surface area contributed by atoms with Gasteiger partial charge < -0.3 is 15.6 Å². The zero-order valence-electron chi connectivity index (χ0n) is 11.8. The van der Waals surface area contributed by atoms with E-state index in [2.05, 4.69) is 33.0 Å². The van der Waals surface area contributed by atoms with Gasteiger partial charge in [-0.3, -0.25) is 4.79 Å². The molecule has 4 heteroatoms. The number of carbonyl (C=O) groups excluding carboxylic acids is 1. The maximum Gasteiger partial charge on any atom is 0.239 e. The van der Waals surface area contributed by atoms with Gasteiger partial charge in [0.15, 0.2) is 0 Å². The average molecular weight is 251 g/mol. The Hall–Kier alpha value is -1.29. The Kier molecular flexibility index (Phi) is 5.41. The Morgan fingerprint density at radius 1 is 1.39 bits per heavy atom.